The highest BCUT2D eigenvalue weighted by Gasteiger charge is 2.26. The molecule has 86 valence electrons. The van der Waals surface area contributed by atoms with E-state index in [-0.39, 0.29) is 18.3 Å². The number of carbonyl (C=O) groups is 1. The van der Waals surface area contributed by atoms with Crippen molar-refractivity contribution in [3.05, 3.63) is 23.8 Å². The van der Waals surface area contributed by atoms with Gasteiger partial charge in [0.05, 0.1) is 18.2 Å². The molecule has 0 saturated heterocycles. The fourth-order valence-corrected chi connectivity index (χ4v) is 1.73. The van der Waals surface area contributed by atoms with Crippen LogP contribution in [0.2, 0.25) is 0 Å². The van der Waals surface area contributed by atoms with Gasteiger partial charge in [0.2, 0.25) is 0 Å². The minimum Gasteiger partial charge on any atom is -0.507 e. The average molecular weight is 223 g/mol. The molecular weight excluding hydrogens is 210 g/mol. The lowest BCUT2D eigenvalue weighted by Gasteiger charge is -2.22. The Morgan fingerprint density at radius 1 is 1.56 bits per heavy atom. The largest absolute Gasteiger partial charge is 0.507 e. The van der Waals surface area contributed by atoms with Crippen molar-refractivity contribution in [1.29, 1.82) is 0 Å². The van der Waals surface area contributed by atoms with Crippen LogP contribution in [0.3, 0.4) is 0 Å². The summed E-state index contributed by atoms with van der Waals surface area (Å²) in [6.07, 6.45) is -1.01. The Morgan fingerprint density at radius 3 is 3.00 bits per heavy atom. The number of hydrogen-bond acceptors (Lipinski definition) is 3. The predicted octanol–water partition coefficient (Wildman–Crippen LogP) is 1.65. The number of carboxylic acid groups (broad SMARTS) is 1. The topological polar surface area (TPSA) is 70.0 Å². The van der Waals surface area contributed by atoms with Crippen molar-refractivity contribution in [3.63, 3.8) is 0 Å². The van der Waals surface area contributed by atoms with E-state index in [1.807, 2.05) is 0 Å². The van der Waals surface area contributed by atoms with Crippen molar-refractivity contribution in [2.24, 2.45) is 0 Å². The van der Waals surface area contributed by atoms with E-state index in [0.717, 1.165) is 0 Å². The minimum absolute atomic E-state index is 0.0675. The van der Waals surface area contributed by atoms with Crippen LogP contribution in [0.1, 0.15) is 12.5 Å². The number of phenolic OH excluding ortho intramolecular Hbond substituents is 1. The van der Waals surface area contributed by atoms with Crippen molar-refractivity contribution >= 4 is 6.09 Å². The highest BCUT2D eigenvalue weighted by molar-refractivity contribution is 5.66. The number of benzene rings is 1. The number of aromatic hydroxyl groups is 1. The van der Waals surface area contributed by atoms with Gasteiger partial charge >= 0.3 is 6.09 Å². The van der Waals surface area contributed by atoms with E-state index in [9.17, 15) is 9.90 Å². The van der Waals surface area contributed by atoms with Crippen molar-refractivity contribution in [2.75, 3.05) is 6.61 Å². The van der Waals surface area contributed by atoms with Crippen molar-refractivity contribution in [2.45, 2.75) is 19.5 Å². The number of fused-ring (bicyclic) bond motifs is 1. The van der Waals surface area contributed by atoms with Crippen LogP contribution in [0, 0.1) is 0 Å². The van der Waals surface area contributed by atoms with Gasteiger partial charge in [-0.25, -0.2) is 4.79 Å². The van der Waals surface area contributed by atoms with Gasteiger partial charge in [-0.3, -0.25) is 4.90 Å². The molecule has 0 aliphatic carbocycles. The standard InChI is InChI=1S/C11H13NO4/c1-7-6-16-10-4-2-3-9(13)8(10)5-12(7)11(14)15/h2-4,7,13H,5-6H2,1H3,(H,14,15). The van der Waals surface area contributed by atoms with Crippen LogP contribution < -0.4 is 4.74 Å². The Labute approximate surface area is 92.9 Å². The van der Waals surface area contributed by atoms with Gasteiger partial charge in [0, 0.05) is 0 Å². The summed E-state index contributed by atoms with van der Waals surface area (Å²) in [6, 6.07) is 4.70. The number of nitrogens with zero attached hydrogens (tertiary/aromatic N) is 1. The van der Waals surface area contributed by atoms with Crippen LogP contribution in [-0.2, 0) is 6.54 Å². The van der Waals surface area contributed by atoms with Crippen molar-refractivity contribution < 1.29 is 19.7 Å². The van der Waals surface area contributed by atoms with Gasteiger partial charge in [-0.05, 0) is 19.1 Å². The van der Waals surface area contributed by atoms with Gasteiger partial charge in [-0.2, -0.15) is 0 Å². The molecule has 0 bridgehead atoms. The van der Waals surface area contributed by atoms with E-state index >= 15 is 0 Å². The van der Waals surface area contributed by atoms with Crippen molar-refractivity contribution in [3.8, 4) is 11.5 Å². The smallest absolute Gasteiger partial charge is 0.407 e. The van der Waals surface area contributed by atoms with Crippen LogP contribution in [0.4, 0.5) is 4.79 Å². The third kappa shape index (κ3) is 1.76. The first kappa shape index (κ1) is 10.6. The molecule has 1 heterocycles. The first-order valence-electron chi connectivity index (χ1n) is 5.03. The third-order valence-corrected chi connectivity index (χ3v) is 2.69. The number of phenols is 1. The molecule has 2 rings (SSSR count). The SMILES string of the molecule is CC1COc2cccc(O)c2CN1C(=O)O. The molecule has 1 aliphatic heterocycles. The second-order valence-corrected chi connectivity index (χ2v) is 3.82. The summed E-state index contributed by atoms with van der Waals surface area (Å²) in [4.78, 5) is 12.3. The molecule has 1 amide bonds. The Balaban J connectivity index is 2.39. The lowest BCUT2D eigenvalue weighted by Crippen LogP contribution is -2.38. The molecule has 0 fully saturated rings. The monoisotopic (exact) mass is 223 g/mol. The van der Waals surface area contributed by atoms with E-state index in [1.165, 1.54) is 11.0 Å². The number of hydrogen-bond donors (Lipinski definition) is 2. The summed E-state index contributed by atoms with van der Waals surface area (Å²) in [5, 5.41) is 18.7. The number of ether oxygens (including phenoxy) is 1. The molecule has 0 spiro atoms. The maximum atomic E-state index is 11.0. The second-order valence-electron chi connectivity index (χ2n) is 3.82. The van der Waals surface area contributed by atoms with Gasteiger partial charge in [-0.15, -0.1) is 0 Å². The molecule has 2 N–H and O–H groups in total. The molecule has 0 radical (unpaired) electrons. The molecule has 5 heteroatoms. The quantitative estimate of drug-likeness (QED) is 0.701. The molecule has 1 aromatic rings. The Kier molecular flexibility index (Phi) is 2.60. The summed E-state index contributed by atoms with van der Waals surface area (Å²) < 4.78 is 5.46. The highest BCUT2D eigenvalue weighted by atomic mass is 16.5. The lowest BCUT2D eigenvalue weighted by molar-refractivity contribution is 0.113. The fraction of sp³-hybridized carbons (Fsp3) is 0.364. The molecule has 1 aliphatic rings. The molecular formula is C11H13NO4. The first-order valence-corrected chi connectivity index (χ1v) is 5.03. The zero-order chi connectivity index (χ0) is 11.7. The fourth-order valence-electron chi connectivity index (χ4n) is 1.73. The highest BCUT2D eigenvalue weighted by Crippen LogP contribution is 2.31. The maximum absolute atomic E-state index is 11.0. The maximum Gasteiger partial charge on any atom is 0.407 e. The van der Waals surface area contributed by atoms with Crippen LogP contribution >= 0.6 is 0 Å². The van der Waals surface area contributed by atoms with E-state index in [0.29, 0.717) is 17.9 Å². The predicted molar refractivity (Wildman–Crippen MR) is 56.6 cm³/mol. The molecule has 0 aromatic heterocycles. The third-order valence-electron chi connectivity index (χ3n) is 2.69. The van der Waals surface area contributed by atoms with Crippen LogP contribution in [0.15, 0.2) is 18.2 Å². The van der Waals surface area contributed by atoms with E-state index in [2.05, 4.69) is 0 Å². The normalized spacial score (nSPS) is 19.6. The molecule has 0 saturated carbocycles. The summed E-state index contributed by atoms with van der Waals surface area (Å²) in [5.74, 6) is 0.619. The molecule has 1 aromatic carbocycles. The van der Waals surface area contributed by atoms with Crippen LogP contribution in [-0.4, -0.2) is 33.9 Å². The van der Waals surface area contributed by atoms with Gasteiger partial charge < -0.3 is 14.9 Å². The molecule has 16 heavy (non-hydrogen) atoms. The van der Waals surface area contributed by atoms with Gasteiger partial charge in [0.15, 0.2) is 0 Å². The van der Waals surface area contributed by atoms with Gasteiger partial charge in [0.25, 0.3) is 0 Å². The van der Waals surface area contributed by atoms with E-state index in [4.69, 9.17) is 9.84 Å². The van der Waals surface area contributed by atoms with E-state index < -0.39 is 6.09 Å². The van der Waals surface area contributed by atoms with Crippen LogP contribution in [0.5, 0.6) is 11.5 Å². The Morgan fingerprint density at radius 2 is 2.31 bits per heavy atom. The van der Waals surface area contributed by atoms with Gasteiger partial charge in [-0.1, -0.05) is 6.07 Å². The zero-order valence-corrected chi connectivity index (χ0v) is 8.88. The summed E-state index contributed by atoms with van der Waals surface area (Å²) in [7, 11) is 0. The lowest BCUT2D eigenvalue weighted by atomic mass is 10.1. The zero-order valence-electron chi connectivity index (χ0n) is 8.88. The molecule has 5 nitrogen and oxygen atoms in total. The van der Waals surface area contributed by atoms with E-state index in [1.54, 1.807) is 19.1 Å². The minimum atomic E-state index is -1.01. The van der Waals surface area contributed by atoms with Gasteiger partial charge in [0.1, 0.15) is 18.1 Å². The first-order chi connectivity index (χ1) is 7.59. The van der Waals surface area contributed by atoms with Crippen molar-refractivity contribution in [1.82, 2.24) is 4.90 Å². The number of amides is 1. The Bertz CT molecular complexity index is 418. The summed E-state index contributed by atoms with van der Waals surface area (Å²) in [5.41, 5.74) is 0.522. The Hall–Kier alpha value is -1.91. The number of rotatable bonds is 0. The van der Waals surface area contributed by atoms with Crippen LogP contribution in [0.25, 0.3) is 0 Å². The summed E-state index contributed by atoms with van der Waals surface area (Å²) in [6.45, 7) is 2.22. The molecule has 1 atom stereocenters. The average Bonchev–Trinajstić information content (AvgIpc) is 2.39. The molecule has 1 unspecified atom stereocenters. The second kappa shape index (κ2) is 3.92. The summed E-state index contributed by atoms with van der Waals surface area (Å²) >= 11 is 0.